The van der Waals surface area contributed by atoms with Crippen LogP contribution in [-0.2, 0) is 0 Å². The number of rotatable bonds is 5. The van der Waals surface area contributed by atoms with Gasteiger partial charge in [0.2, 0.25) is 0 Å². The Bertz CT molecular complexity index is 460. The van der Waals surface area contributed by atoms with E-state index in [0.29, 0.717) is 18.5 Å². The van der Waals surface area contributed by atoms with Gasteiger partial charge in [0.15, 0.2) is 0 Å². The van der Waals surface area contributed by atoms with E-state index < -0.39 is 0 Å². The number of benzene rings is 1. The first-order valence-electron chi connectivity index (χ1n) is 7.89. The van der Waals surface area contributed by atoms with Crippen molar-refractivity contribution in [1.29, 1.82) is 0 Å². The summed E-state index contributed by atoms with van der Waals surface area (Å²) < 4.78 is 0. The molecule has 4 unspecified atom stereocenters. The third kappa shape index (κ3) is 3.97. The Kier molecular flexibility index (Phi) is 5.62. The van der Waals surface area contributed by atoms with Crippen molar-refractivity contribution in [2.75, 3.05) is 6.54 Å². The molecule has 1 aliphatic carbocycles. The maximum Gasteiger partial charge on any atom is 0.147 e. The van der Waals surface area contributed by atoms with Gasteiger partial charge in [-0.2, -0.15) is 0 Å². The van der Waals surface area contributed by atoms with Crippen LogP contribution in [0, 0.1) is 11.8 Å². The van der Waals surface area contributed by atoms with Crippen molar-refractivity contribution in [3.63, 3.8) is 0 Å². The van der Waals surface area contributed by atoms with Gasteiger partial charge in [-0.05, 0) is 23.8 Å². The number of oxime groups is 1. The van der Waals surface area contributed by atoms with Gasteiger partial charge < -0.3 is 16.3 Å². The SMILES string of the molecule is CC1CCCC(NCC(C(N)=NO)c2ccccc2)C1C. The predicted octanol–water partition coefficient (Wildman–Crippen LogP) is 2.93. The molecule has 0 amide bonds. The van der Waals surface area contributed by atoms with Crippen LogP contribution in [0.5, 0.6) is 0 Å². The van der Waals surface area contributed by atoms with Gasteiger partial charge in [0.05, 0.1) is 5.92 Å². The number of hydrogen-bond acceptors (Lipinski definition) is 3. The summed E-state index contributed by atoms with van der Waals surface area (Å²) in [7, 11) is 0. The highest BCUT2D eigenvalue weighted by Gasteiger charge is 2.28. The van der Waals surface area contributed by atoms with Crippen molar-refractivity contribution in [3.8, 4) is 0 Å². The van der Waals surface area contributed by atoms with E-state index in [-0.39, 0.29) is 11.8 Å². The molecule has 0 aliphatic heterocycles. The van der Waals surface area contributed by atoms with E-state index in [0.717, 1.165) is 11.5 Å². The predicted molar refractivity (Wildman–Crippen MR) is 86.6 cm³/mol. The number of nitrogens with two attached hydrogens (primary N) is 1. The Labute approximate surface area is 127 Å². The molecule has 1 saturated carbocycles. The minimum atomic E-state index is -0.0827. The van der Waals surface area contributed by atoms with E-state index in [1.54, 1.807) is 0 Å². The zero-order chi connectivity index (χ0) is 15.2. The van der Waals surface area contributed by atoms with Crippen LogP contribution in [0.2, 0.25) is 0 Å². The van der Waals surface area contributed by atoms with Crippen molar-refractivity contribution in [1.82, 2.24) is 5.32 Å². The minimum Gasteiger partial charge on any atom is -0.409 e. The van der Waals surface area contributed by atoms with E-state index in [9.17, 15) is 0 Å². The number of amidine groups is 1. The Morgan fingerprint density at radius 1 is 1.33 bits per heavy atom. The summed E-state index contributed by atoms with van der Waals surface area (Å²) in [5.41, 5.74) is 6.97. The summed E-state index contributed by atoms with van der Waals surface area (Å²) in [5.74, 6) is 1.61. The molecule has 1 fully saturated rings. The van der Waals surface area contributed by atoms with Gasteiger partial charge in [0, 0.05) is 12.6 Å². The van der Waals surface area contributed by atoms with Crippen molar-refractivity contribution in [3.05, 3.63) is 35.9 Å². The Morgan fingerprint density at radius 2 is 2.05 bits per heavy atom. The largest absolute Gasteiger partial charge is 0.409 e. The van der Waals surface area contributed by atoms with Gasteiger partial charge in [-0.3, -0.25) is 0 Å². The standard InChI is InChI=1S/C17H27N3O/c1-12-7-6-10-16(13(12)2)19-11-15(17(18)20-21)14-8-4-3-5-9-14/h3-5,8-9,12-13,15-16,19,21H,6-7,10-11H2,1-2H3,(H2,18,20). The zero-order valence-corrected chi connectivity index (χ0v) is 13.0. The van der Waals surface area contributed by atoms with Crippen LogP contribution in [0.25, 0.3) is 0 Å². The molecule has 116 valence electrons. The smallest absolute Gasteiger partial charge is 0.147 e. The molecule has 21 heavy (non-hydrogen) atoms. The molecule has 1 aliphatic rings. The third-order valence-electron chi connectivity index (χ3n) is 4.97. The molecule has 0 bridgehead atoms. The van der Waals surface area contributed by atoms with E-state index in [1.807, 2.05) is 30.3 Å². The summed E-state index contributed by atoms with van der Waals surface area (Å²) in [6, 6.07) is 10.5. The molecular weight excluding hydrogens is 262 g/mol. The van der Waals surface area contributed by atoms with Crippen LogP contribution in [0.1, 0.15) is 44.6 Å². The van der Waals surface area contributed by atoms with Crippen molar-refractivity contribution < 1.29 is 5.21 Å². The molecule has 4 atom stereocenters. The van der Waals surface area contributed by atoms with Crippen molar-refractivity contribution in [2.45, 2.75) is 45.1 Å². The summed E-state index contributed by atoms with van der Waals surface area (Å²) >= 11 is 0. The summed E-state index contributed by atoms with van der Waals surface area (Å²) in [6.45, 7) is 5.36. The van der Waals surface area contributed by atoms with Gasteiger partial charge >= 0.3 is 0 Å². The lowest BCUT2D eigenvalue weighted by Gasteiger charge is -2.35. The molecule has 0 saturated heterocycles. The fourth-order valence-electron chi connectivity index (χ4n) is 3.29. The number of nitrogens with zero attached hydrogens (tertiary/aromatic N) is 1. The van der Waals surface area contributed by atoms with Gasteiger partial charge in [0.1, 0.15) is 5.84 Å². The Morgan fingerprint density at radius 3 is 2.71 bits per heavy atom. The fraction of sp³-hybridized carbons (Fsp3) is 0.588. The van der Waals surface area contributed by atoms with E-state index in [1.165, 1.54) is 19.3 Å². The van der Waals surface area contributed by atoms with E-state index in [4.69, 9.17) is 10.9 Å². The van der Waals surface area contributed by atoms with Crippen LogP contribution in [0.4, 0.5) is 0 Å². The first-order chi connectivity index (χ1) is 10.1. The van der Waals surface area contributed by atoms with Gasteiger partial charge in [-0.1, -0.05) is 62.2 Å². The monoisotopic (exact) mass is 289 g/mol. The highest BCUT2D eigenvalue weighted by molar-refractivity contribution is 5.87. The fourth-order valence-corrected chi connectivity index (χ4v) is 3.29. The molecular formula is C17H27N3O. The molecule has 2 rings (SSSR count). The lowest BCUT2D eigenvalue weighted by molar-refractivity contribution is 0.207. The van der Waals surface area contributed by atoms with Gasteiger partial charge in [-0.15, -0.1) is 0 Å². The van der Waals surface area contributed by atoms with Crippen LogP contribution in [0.15, 0.2) is 35.5 Å². The molecule has 0 heterocycles. The molecule has 4 heteroatoms. The highest BCUT2D eigenvalue weighted by atomic mass is 16.4. The number of hydrogen-bond donors (Lipinski definition) is 3. The Balaban J connectivity index is 2.03. The molecule has 1 aromatic rings. The second-order valence-electron chi connectivity index (χ2n) is 6.27. The average molecular weight is 289 g/mol. The maximum atomic E-state index is 9.03. The molecule has 1 aromatic carbocycles. The van der Waals surface area contributed by atoms with Crippen molar-refractivity contribution in [2.24, 2.45) is 22.7 Å². The van der Waals surface area contributed by atoms with E-state index >= 15 is 0 Å². The highest BCUT2D eigenvalue weighted by Crippen LogP contribution is 2.29. The first kappa shape index (κ1) is 15.8. The quantitative estimate of drug-likeness (QED) is 0.338. The van der Waals surface area contributed by atoms with Crippen LogP contribution in [-0.4, -0.2) is 23.6 Å². The lowest BCUT2D eigenvalue weighted by Crippen LogP contribution is -2.44. The topological polar surface area (TPSA) is 70.6 Å². The first-order valence-corrected chi connectivity index (χ1v) is 7.89. The average Bonchev–Trinajstić information content (AvgIpc) is 2.52. The second kappa shape index (κ2) is 7.46. The second-order valence-corrected chi connectivity index (χ2v) is 6.27. The molecule has 0 radical (unpaired) electrons. The summed E-state index contributed by atoms with van der Waals surface area (Å²) in [6.07, 6.45) is 3.81. The van der Waals surface area contributed by atoms with Crippen molar-refractivity contribution >= 4 is 5.84 Å². The molecule has 4 nitrogen and oxygen atoms in total. The van der Waals surface area contributed by atoms with Crippen LogP contribution >= 0.6 is 0 Å². The molecule has 0 spiro atoms. The lowest BCUT2D eigenvalue weighted by atomic mass is 9.78. The third-order valence-corrected chi connectivity index (χ3v) is 4.97. The van der Waals surface area contributed by atoms with Crippen LogP contribution in [0.3, 0.4) is 0 Å². The minimum absolute atomic E-state index is 0.0827. The van der Waals surface area contributed by atoms with Crippen LogP contribution < -0.4 is 11.1 Å². The number of nitrogens with one attached hydrogen (secondary N) is 1. The van der Waals surface area contributed by atoms with Gasteiger partial charge in [0.25, 0.3) is 0 Å². The Hall–Kier alpha value is -1.55. The molecule has 0 aromatic heterocycles. The molecule has 4 N–H and O–H groups in total. The maximum absolute atomic E-state index is 9.03. The summed E-state index contributed by atoms with van der Waals surface area (Å²) in [5, 5.41) is 15.9. The van der Waals surface area contributed by atoms with Gasteiger partial charge in [-0.25, -0.2) is 0 Å². The summed E-state index contributed by atoms with van der Waals surface area (Å²) in [4.78, 5) is 0. The zero-order valence-electron chi connectivity index (χ0n) is 13.0. The van der Waals surface area contributed by atoms with E-state index in [2.05, 4.69) is 24.3 Å². The normalized spacial score (nSPS) is 28.3.